The van der Waals surface area contributed by atoms with Crippen LogP contribution in [0.25, 0.3) is 0 Å². The molecular formula is C13H28N2O2S. The highest BCUT2D eigenvalue weighted by molar-refractivity contribution is 7.89. The van der Waals surface area contributed by atoms with E-state index in [-0.39, 0.29) is 11.8 Å². The van der Waals surface area contributed by atoms with Crippen molar-refractivity contribution >= 4 is 10.0 Å². The van der Waals surface area contributed by atoms with Gasteiger partial charge in [0, 0.05) is 19.6 Å². The highest BCUT2D eigenvalue weighted by Crippen LogP contribution is 2.28. The van der Waals surface area contributed by atoms with Crippen molar-refractivity contribution in [3.05, 3.63) is 0 Å². The van der Waals surface area contributed by atoms with Crippen LogP contribution in [-0.4, -0.2) is 44.7 Å². The van der Waals surface area contributed by atoms with Gasteiger partial charge in [-0.25, -0.2) is 12.7 Å². The first-order chi connectivity index (χ1) is 8.49. The number of nitrogens with one attached hydrogen (secondary N) is 1. The first-order valence-electron chi connectivity index (χ1n) is 7.15. The van der Waals surface area contributed by atoms with E-state index >= 15 is 0 Å². The zero-order valence-electron chi connectivity index (χ0n) is 12.0. The maximum Gasteiger partial charge on any atom is 0.215 e. The monoisotopic (exact) mass is 276 g/mol. The van der Waals surface area contributed by atoms with E-state index in [9.17, 15) is 8.42 Å². The molecular weight excluding hydrogens is 248 g/mol. The first kappa shape index (κ1) is 15.9. The van der Waals surface area contributed by atoms with E-state index in [0.29, 0.717) is 12.5 Å². The van der Waals surface area contributed by atoms with Crippen molar-refractivity contribution in [1.82, 2.24) is 9.62 Å². The zero-order valence-corrected chi connectivity index (χ0v) is 12.8. The van der Waals surface area contributed by atoms with Gasteiger partial charge in [-0.05, 0) is 31.7 Å². The molecule has 1 saturated carbocycles. The molecule has 2 unspecified atom stereocenters. The van der Waals surface area contributed by atoms with Gasteiger partial charge in [0.05, 0.1) is 5.75 Å². The molecule has 0 aromatic heterocycles. The third-order valence-corrected chi connectivity index (χ3v) is 5.80. The number of rotatable bonds is 7. The smallest absolute Gasteiger partial charge is 0.215 e. The second kappa shape index (κ2) is 7.46. The largest absolute Gasteiger partial charge is 0.316 e. The van der Waals surface area contributed by atoms with Gasteiger partial charge in [0.2, 0.25) is 10.0 Å². The fraction of sp³-hybridized carbons (Fsp3) is 1.00. The predicted molar refractivity (Wildman–Crippen MR) is 76.1 cm³/mol. The predicted octanol–water partition coefficient (Wildman–Crippen LogP) is 1.83. The van der Waals surface area contributed by atoms with Crippen molar-refractivity contribution in [2.45, 2.75) is 52.0 Å². The normalized spacial score (nSPS) is 25.6. The van der Waals surface area contributed by atoms with E-state index in [1.165, 1.54) is 6.42 Å². The minimum absolute atomic E-state index is 0.204. The number of hydrogen-bond acceptors (Lipinski definition) is 3. The third-order valence-electron chi connectivity index (χ3n) is 3.94. The summed E-state index contributed by atoms with van der Waals surface area (Å²) in [6.45, 7) is 5.70. The van der Waals surface area contributed by atoms with Crippen LogP contribution in [0, 0.1) is 5.92 Å². The topological polar surface area (TPSA) is 49.4 Å². The van der Waals surface area contributed by atoms with E-state index in [2.05, 4.69) is 19.2 Å². The van der Waals surface area contributed by atoms with Gasteiger partial charge in [0.25, 0.3) is 0 Å². The Hall–Kier alpha value is -0.130. The highest BCUT2D eigenvalue weighted by atomic mass is 32.2. The zero-order chi connectivity index (χ0) is 13.6. The van der Waals surface area contributed by atoms with Crippen LogP contribution in [-0.2, 0) is 10.0 Å². The van der Waals surface area contributed by atoms with Crippen molar-refractivity contribution in [2.75, 3.05) is 25.9 Å². The molecule has 108 valence electrons. The van der Waals surface area contributed by atoms with Crippen molar-refractivity contribution in [3.8, 4) is 0 Å². The lowest BCUT2D eigenvalue weighted by Crippen LogP contribution is -2.44. The molecule has 1 aliphatic rings. The van der Waals surface area contributed by atoms with E-state index in [0.717, 1.165) is 32.2 Å². The molecule has 2 atom stereocenters. The van der Waals surface area contributed by atoms with E-state index < -0.39 is 10.0 Å². The molecule has 4 nitrogen and oxygen atoms in total. The molecule has 0 aromatic rings. The highest BCUT2D eigenvalue weighted by Gasteiger charge is 2.31. The van der Waals surface area contributed by atoms with E-state index in [1.54, 1.807) is 11.4 Å². The van der Waals surface area contributed by atoms with Crippen LogP contribution in [0.3, 0.4) is 0 Å². The molecule has 18 heavy (non-hydrogen) atoms. The molecule has 5 heteroatoms. The SMILES string of the molecule is CCCNCCS(=O)(=O)N(C)C1CCCCC1C. The Labute approximate surface area is 112 Å². The molecule has 0 bridgehead atoms. The van der Waals surface area contributed by atoms with Gasteiger partial charge in [0.1, 0.15) is 0 Å². The van der Waals surface area contributed by atoms with Crippen LogP contribution >= 0.6 is 0 Å². The van der Waals surface area contributed by atoms with Crippen LogP contribution in [0.2, 0.25) is 0 Å². The summed E-state index contributed by atoms with van der Waals surface area (Å²) >= 11 is 0. The van der Waals surface area contributed by atoms with Gasteiger partial charge in [-0.2, -0.15) is 0 Å². The Morgan fingerprint density at radius 1 is 1.22 bits per heavy atom. The maximum absolute atomic E-state index is 12.2. The third kappa shape index (κ3) is 4.52. The molecule has 0 saturated heterocycles. The summed E-state index contributed by atoms with van der Waals surface area (Å²) in [5.41, 5.74) is 0. The van der Waals surface area contributed by atoms with Gasteiger partial charge in [0.15, 0.2) is 0 Å². The Balaban J connectivity index is 2.49. The number of nitrogens with zero attached hydrogens (tertiary/aromatic N) is 1. The quantitative estimate of drug-likeness (QED) is 0.722. The summed E-state index contributed by atoms with van der Waals surface area (Å²) in [7, 11) is -1.35. The van der Waals surface area contributed by atoms with Crippen molar-refractivity contribution < 1.29 is 8.42 Å². The van der Waals surface area contributed by atoms with Crippen LogP contribution in [0.1, 0.15) is 46.0 Å². The summed E-state index contributed by atoms with van der Waals surface area (Å²) in [5, 5.41) is 3.15. The maximum atomic E-state index is 12.2. The summed E-state index contributed by atoms with van der Waals surface area (Å²) in [5.74, 6) is 0.703. The average molecular weight is 276 g/mol. The summed E-state index contributed by atoms with van der Waals surface area (Å²) in [6.07, 6.45) is 5.60. The number of hydrogen-bond donors (Lipinski definition) is 1. The van der Waals surface area contributed by atoms with Crippen LogP contribution in [0.4, 0.5) is 0 Å². The van der Waals surface area contributed by atoms with E-state index in [4.69, 9.17) is 0 Å². The average Bonchev–Trinajstić information content (AvgIpc) is 2.34. The fourth-order valence-electron chi connectivity index (χ4n) is 2.69. The lowest BCUT2D eigenvalue weighted by Gasteiger charge is -2.35. The Morgan fingerprint density at radius 2 is 1.89 bits per heavy atom. The lowest BCUT2D eigenvalue weighted by molar-refractivity contribution is 0.213. The van der Waals surface area contributed by atoms with Crippen LogP contribution in [0.15, 0.2) is 0 Å². The molecule has 0 aliphatic heterocycles. The molecule has 1 N–H and O–H groups in total. The molecule has 0 heterocycles. The second-order valence-electron chi connectivity index (χ2n) is 5.41. The van der Waals surface area contributed by atoms with Crippen molar-refractivity contribution in [2.24, 2.45) is 5.92 Å². The fourth-order valence-corrected chi connectivity index (χ4v) is 4.11. The number of sulfonamides is 1. The van der Waals surface area contributed by atoms with Crippen molar-refractivity contribution in [1.29, 1.82) is 0 Å². The van der Waals surface area contributed by atoms with Crippen LogP contribution in [0.5, 0.6) is 0 Å². The molecule has 0 aromatic carbocycles. The Bertz CT molecular complexity index is 330. The van der Waals surface area contributed by atoms with Gasteiger partial charge in [-0.15, -0.1) is 0 Å². The Kier molecular flexibility index (Phi) is 6.60. The van der Waals surface area contributed by atoms with Gasteiger partial charge in [-0.3, -0.25) is 0 Å². The lowest BCUT2D eigenvalue weighted by atomic mass is 9.86. The second-order valence-corrected chi connectivity index (χ2v) is 7.56. The van der Waals surface area contributed by atoms with Gasteiger partial charge >= 0.3 is 0 Å². The summed E-state index contributed by atoms with van der Waals surface area (Å²) < 4.78 is 26.1. The van der Waals surface area contributed by atoms with Gasteiger partial charge < -0.3 is 5.32 Å². The first-order valence-corrected chi connectivity index (χ1v) is 8.76. The van der Waals surface area contributed by atoms with Crippen molar-refractivity contribution in [3.63, 3.8) is 0 Å². The Morgan fingerprint density at radius 3 is 2.50 bits per heavy atom. The minimum atomic E-state index is -3.10. The summed E-state index contributed by atoms with van der Waals surface area (Å²) in [6, 6.07) is 0.204. The van der Waals surface area contributed by atoms with Gasteiger partial charge in [-0.1, -0.05) is 26.7 Å². The molecule has 0 radical (unpaired) electrons. The molecule has 1 aliphatic carbocycles. The van der Waals surface area contributed by atoms with E-state index in [1.807, 2.05) is 0 Å². The molecule has 1 rings (SSSR count). The van der Waals surface area contributed by atoms with Crippen LogP contribution < -0.4 is 5.32 Å². The minimum Gasteiger partial charge on any atom is -0.316 e. The molecule has 0 amide bonds. The molecule has 0 spiro atoms. The standard InChI is InChI=1S/C13H28N2O2S/c1-4-9-14-10-11-18(16,17)15(3)13-8-6-5-7-12(13)2/h12-14H,4-11H2,1-3H3. The summed E-state index contributed by atoms with van der Waals surface area (Å²) in [4.78, 5) is 0. The molecule has 1 fully saturated rings.